The number of hydrogen-bond donors (Lipinski definition) is 2. The van der Waals surface area contributed by atoms with Crippen molar-refractivity contribution < 1.29 is 9.90 Å². The van der Waals surface area contributed by atoms with Crippen LogP contribution in [0.4, 0.5) is 0 Å². The fourth-order valence-corrected chi connectivity index (χ4v) is 2.31. The molecule has 0 spiro atoms. The molecule has 0 atom stereocenters. The molecule has 0 aromatic carbocycles. The highest BCUT2D eigenvalue weighted by atomic mass is 16.2. The molecule has 0 aliphatic heterocycles. The van der Waals surface area contributed by atoms with Crippen LogP contribution in [0.2, 0.25) is 0 Å². The van der Waals surface area contributed by atoms with Gasteiger partial charge in [-0.15, -0.1) is 0 Å². The number of nitrogens with one attached hydrogen (secondary N) is 1. The summed E-state index contributed by atoms with van der Waals surface area (Å²) in [6.45, 7) is 1.09. The summed E-state index contributed by atoms with van der Waals surface area (Å²) in [7, 11) is 0. The van der Waals surface area contributed by atoms with Crippen molar-refractivity contribution in [3.8, 4) is 0 Å². The van der Waals surface area contributed by atoms with Gasteiger partial charge in [-0.25, -0.2) is 0 Å². The maximum absolute atomic E-state index is 11.7. The van der Waals surface area contributed by atoms with Crippen LogP contribution in [0.5, 0.6) is 0 Å². The molecule has 0 bridgehead atoms. The van der Waals surface area contributed by atoms with E-state index in [2.05, 4.69) is 5.32 Å². The summed E-state index contributed by atoms with van der Waals surface area (Å²) in [5, 5.41) is 11.6. The molecular weight excluding hydrogens is 202 g/mol. The van der Waals surface area contributed by atoms with Gasteiger partial charge in [-0.2, -0.15) is 0 Å². The van der Waals surface area contributed by atoms with E-state index in [1.165, 1.54) is 19.3 Å². The average molecular weight is 227 g/mol. The molecule has 1 fully saturated rings. The Kier molecular flexibility index (Phi) is 7.23. The van der Waals surface area contributed by atoms with Gasteiger partial charge >= 0.3 is 0 Å². The van der Waals surface area contributed by atoms with Crippen molar-refractivity contribution in [2.75, 3.05) is 13.2 Å². The van der Waals surface area contributed by atoms with Gasteiger partial charge in [0, 0.05) is 19.1 Å². The van der Waals surface area contributed by atoms with E-state index in [1.54, 1.807) is 0 Å². The van der Waals surface area contributed by atoms with Crippen LogP contribution < -0.4 is 5.32 Å². The van der Waals surface area contributed by atoms with Gasteiger partial charge in [0.05, 0.1) is 0 Å². The lowest BCUT2D eigenvalue weighted by atomic mass is 9.89. The predicted molar refractivity (Wildman–Crippen MR) is 65.1 cm³/mol. The Morgan fingerprint density at radius 1 is 1.06 bits per heavy atom. The lowest BCUT2D eigenvalue weighted by molar-refractivity contribution is -0.125. The Balaban J connectivity index is 1.97. The Morgan fingerprint density at radius 2 is 1.75 bits per heavy atom. The van der Waals surface area contributed by atoms with E-state index in [4.69, 9.17) is 5.11 Å². The van der Waals surface area contributed by atoms with Crippen LogP contribution in [0.3, 0.4) is 0 Å². The topological polar surface area (TPSA) is 49.3 Å². The molecule has 1 aliphatic carbocycles. The molecule has 94 valence electrons. The van der Waals surface area contributed by atoms with Crippen molar-refractivity contribution in [3.05, 3.63) is 0 Å². The minimum atomic E-state index is 0.266. The third-order valence-corrected chi connectivity index (χ3v) is 3.36. The summed E-state index contributed by atoms with van der Waals surface area (Å²) < 4.78 is 0. The molecule has 1 aliphatic rings. The van der Waals surface area contributed by atoms with Gasteiger partial charge in [-0.1, -0.05) is 32.1 Å². The van der Waals surface area contributed by atoms with Crippen molar-refractivity contribution >= 4 is 5.91 Å². The second kappa shape index (κ2) is 8.57. The minimum absolute atomic E-state index is 0.266. The SMILES string of the molecule is O=C(NCCCCCCO)C1CCCCC1. The Morgan fingerprint density at radius 3 is 2.44 bits per heavy atom. The number of rotatable bonds is 7. The monoisotopic (exact) mass is 227 g/mol. The van der Waals surface area contributed by atoms with Crippen molar-refractivity contribution in [2.45, 2.75) is 57.8 Å². The molecule has 1 amide bonds. The number of aliphatic hydroxyl groups is 1. The van der Waals surface area contributed by atoms with Crippen LogP contribution >= 0.6 is 0 Å². The quantitative estimate of drug-likeness (QED) is 0.655. The molecule has 3 nitrogen and oxygen atoms in total. The highest BCUT2D eigenvalue weighted by Gasteiger charge is 2.20. The third-order valence-electron chi connectivity index (χ3n) is 3.36. The van der Waals surface area contributed by atoms with E-state index in [-0.39, 0.29) is 18.4 Å². The summed E-state index contributed by atoms with van der Waals surface area (Å²) in [6, 6.07) is 0. The lowest BCUT2D eigenvalue weighted by Crippen LogP contribution is -2.32. The van der Waals surface area contributed by atoms with Gasteiger partial charge in [0.25, 0.3) is 0 Å². The first kappa shape index (κ1) is 13.5. The highest BCUT2D eigenvalue weighted by Crippen LogP contribution is 2.23. The van der Waals surface area contributed by atoms with Crippen LogP contribution in [0.1, 0.15) is 57.8 Å². The number of aliphatic hydroxyl groups excluding tert-OH is 1. The van der Waals surface area contributed by atoms with E-state index in [1.807, 2.05) is 0 Å². The molecule has 0 unspecified atom stereocenters. The molecule has 0 radical (unpaired) electrons. The minimum Gasteiger partial charge on any atom is -0.396 e. The van der Waals surface area contributed by atoms with Crippen molar-refractivity contribution in [2.24, 2.45) is 5.92 Å². The zero-order valence-electron chi connectivity index (χ0n) is 10.2. The maximum atomic E-state index is 11.7. The molecule has 16 heavy (non-hydrogen) atoms. The van der Waals surface area contributed by atoms with E-state index in [9.17, 15) is 4.79 Å². The number of hydrogen-bond acceptors (Lipinski definition) is 2. The summed E-state index contributed by atoms with van der Waals surface area (Å²) >= 11 is 0. The van der Waals surface area contributed by atoms with Gasteiger partial charge in [-0.3, -0.25) is 4.79 Å². The lowest BCUT2D eigenvalue weighted by Gasteiger charge is -2.20. The predicted octanol–water partition coefficient (Wildman–Crippen LogP) is 2.24. The van der Waals surface area contributed by atoms with E-state index < -0.39 is 0 Å². The second-order valence-electron chi connectivity index (χ2n) is 4.76. The number of carbonyl (C=O) groups excluding carboxylic acids is 1. The number of unbranched alkanes of at least 4 members (excludes halogenated alkanes) is 3. The Labute approximate surface area is 98.6 Å². The van der Waals surface area contributed by atoms with Gasteiger partial charge < -0.3 is 10.4 Å². The summed E-state index contributed by atoms with van der Waals surface area (Å²) in [5.41, 5.74) is 0. The molecule has 0 aromatic heterocycles. The van der Waals surface area contributed by atoms with Gasteiger partial charge in [0.1, 0.15) is 0 Å². The first-order valence-corrected chi connectivity index (χ1v) is 6.73. The second-order valence-corrected chi connectivity index (χ2v) is 4.76. The van der Waals surface area contributed by atoms with E-state index >= 15 is 0 Å². The first-order valence-electron chi connectivity index (χ1n) is 6.73. The van der Waals surface area contributed by atoms with Crippen LogP contribution in [0.15, 0.2) is 0 Å². The molecule has 2 N–H and O–H groups in total. The van der Waals surface area contributed by atoms with Crippen LogP contribution in [0.25, 0.3) is 0 Å². The molecule has 0 heterocycles. The summed E-state index contributed by atoms with van der Waals surface area (Å²) in [5.74, 6) is 0.549. The van der Waals surface area contributed by atoms with Gasteiger partial charge in [0.2, 0.25) is 5.91 Å². The standard InChI is InChI=1S/C13H25NO2/c15-11-7-2-1-6-10-14-13(16)12-8-4-3-5-9-12/h12,15H,1-11H2,(H,14,16). The van der Waals surface area contributed by atoms with Crippen LogP contribution in [-0.2, 0) is 4.79 Å². The molecule has 0 saturated heterocycles. The van der Waals surface area contributed by atoms with Gasteiger partial charge in [0.15, 0.2) is 0 Å². The molecule has 0 aromatic rings. The maximum Gasteiger partial charge on any atom is 0.223 e. The van der Waals surface area contributed by atoms with E-state index in [0.29, 0.717) is 0 Å². The smallest absolute Gasteiger partial charge is 0.223 e. The molecular formula is C13H25NO2. The third kappa shape index (κ3) is 5.50. The highest BCUT2D eigenvalue weighted by molar-refractivity contribution is 5.78. The zero-order chi connectivity index (χ0) is 11.6. The molecule has 1 saturated carbocycles. The van der Waals surface area contributed by atoms with Crippen molar-refractivity contribution in [3.63, 3.8) is 0 Å². The first-order chi connectivity index (χ1) is 7.84. The van der Waals surface area contributed by atoms with Crippen LogP contribution in [0, 0.1) is 5.92 Å². The number of amides is 1. The van der Waals surface area contributed by atoms with Crippen molar-refractivity contribution in [1.82, 2.24) is 5.32 Å². The van der Waals surface area contributed by atoms with Crippen LogP contribution in [-0.4, -0.2) is 24.2 Å². The summed E-state index contributed by atoms with van der Waals surface area (Å²) in [4.78, 5) is 11.7. The number of carbonyl (C=O) groups is 1. The zero-order valence-corrected chi connectivity index (χ0v) is 10.2. The van der Waals surface area contributed by atoms with Crippen molar-refractivity contribution in [1.29, 1.82) is 0 Å². The average Bonchev–Trinajstić information content (AvgIpc) is 2.34. The Hall–Kier alpha value is -0.570. The largest absolute Gasteiger partial charge is 0.396 e. The fourth-order valence-electron chi connectivity index (χ4n) is 2.31. The Bertz CT molecular complexity index is 188. The van der Waals surface area contributed by atoms with E-state index in [0.717, 1.165) is 45.1 Å². The molecule has 1 rings (SSSR count). The fraction of sp³-hybridized carbons (Fsp3) is 0.923. The summed E-state index contributed by atoms with van der Waals surface area (Å²) in [6.07, 6.45) is 9.98. The van der Waals surface area contributed by atoms with Gasteiger partial charge in [-0.05, 0) is 25.7 Å². The molecule has 3 heteroatoms. The normalized spacial score (nSPS) is 17.3.